The van der Waals surface area contributed by atoms with Crippen LogP contribution in [-0.4, -0.2) is 51.4 Å². The molecule has 0 amide bonds. The number of aliphatic imine (C=N–C) groups is 1. The summed E-state index contributed by atoms with van der Waals surface area (Å²) in [5, 5.41) is 11.8. The van der Waals surface area contributed by atoms with Crippen molar-refractivity contribution in [2.45, 2.75) is 25.8 Å². The number of fused-ring (bicyclic) bond motifs is 1. The Morgan fingerprint density at radius 2 is 1.70 bits per heavy atom. The quantitative estimate of drug-likeness (QED) is 0.183. The standard InChI is InChI=1S/C33H32N4O3/c1-40-33(39)24-12-17-28-29(21-24)35-32(38)30(28)31(23-9-4-2-5-10-23)34-25-13-15-26(16-14-25)37-20-8-11-27(37)22-36-18-6-3-7-19-36/h2,4-5,8-17,20-21,35,38H,3,6-7,18-19,22H2,1H3. The number of likely N-dealkylation sites (tertiary alicyclic amines) is 1. The van der Waals surface area contributed by atoms with Gasteiger partial charge in [0.2, 0.25) is 0 Å². The third-order valence-corrected chi connectivity index (χ3v) is 7.52. The Bertz CT molecular complexity index is 1660. The Morgan fingerprint density at radius 1 is 0.925 bits per heavy atom. The van der Waals surface area contributed by atoms with E-state index in [0.717, 1.165) is 42.0 Å². The van der Waals surface area contributed by atoms with Crippen molar-refractivity contribution in [3.05, 3.63) is 114 Å². The van der Waals surface area contributed by atoms with Crippen LogP contribution in [0.4, 0.5) is 5.69 Å². The third kappa shape index (κ3) is 5.16. The SMILES string of the molecule is COC(=O)c1ccc2c(C(=Nc3ccc(-n4cccc4CN4CCCCC4)cc3)c3ccccc3)c(O)[nH]c2c1. The van der Waals surface area contributed by atoms with E-state index in [-0.39, 0.29) is 5.88 Å². The third-order valence-electron chi connectivity index (χ3n) is 7.52. The van der Waals surface area contributed by atoms with Gasteiger partial charge in [-0.15, -0.1) is 0 Å². The molecule has 3 aromatic carbocycles. The fourth-order valence-electron chi connectivity index (χ4n) is 5.49. The molecule has 0 atom stereocenters. The topological polar surface area (TPSA) is 82.8 Å². The van der Waals surface area contributed by atoms with Crippen molar-refractivity contribution < 1.29 is 14.6 Å². The number of methoxy groups -OCH3 is 1. The lowest BCUT2D eigenvalue weighted by Gasteiger charge is -2.26. The molecule has 1 aliphatic rings. The van der Waals surface area contributed by atoms with Crippen molar-refractivity contribution in [1.29, 1.82) is 0 Å². The van der Waals surface area contributed by atoms with E-state index < -0.39 is 5.97 Å². The highest BCUT2D eigenvalue weighted by Gasteiger charge is 2.20. The van der Waals surface area contributed by atoms with E-state index in [1.807, 2.05) is 48.5 Å². The maximum absolute atomic E-state index is 12.1. The van der Waals surface area contributed by atoms with Crippen LogP contribution in [-0.2, 0) is 11.3 Å². The smallest absolute Gasteiger partial charge is 0.337 e. The summed E-state index contributed by atoms with van der Waals surface area (Å²) in [7, 11) is 1.35. The summed E-state index contributed by atoms with van der Waals surface area (Å²) in [6.07, 6.45) is 5.99. The minimum atomic E-state index is -0.434. The molecule has 0 unspecified atom stereocenters. The van der Waals surface area contributed by atoms with E-state index >= 15 is 0 Å². The molecule has 1 fully saturated rings. The summed E-state index contributed by atoms with van der Waals surface area (Å²) < 4.78 is 7.10. The first-order chi connectivity index (χ1) is 19.6. The van der Waals surface area contributed by atoms with Gasteiger partial charge in [0.1, 0.15) is 0 Å². The lowest BCUT2D eigenvalue weighted by molar-refractivity contribution is 0.0601. The molecule has 40 heavy (non-hydrogen) atoms. The number of esters is 1. The Kier molecular flexibility index (Phi) is 7.21. The zero-order valence-electron chi connectivity index (χ0n) is 22.5. The molecule has 0 aliphatic carbocycles. The van der Waals surface area contributed by atoms with Gasteiger partial charge in [-0.05, 0) is 74.5 Å². The van der Waals surface area contributed by atoms with Crippen molar-refractivity contribution in [3.8, 4) is 11.6 Å². The number of hydrogen-bond donors (Lipinski definition) is 2. The zero-order valence-corrected chi connectivity index (χ0v) is 22.5. The number of nitrogens with zero attached hydrogens (tertiary/aromatic N) is 3. The number of nitrogens with one attached hydrogen (secondary N) is 1. The highest BCUT2D eigenvalue weighted by atomic mass is 16.5. The number of piperidine rings is 1. The van der Waals surface area contributed by atoms with E-state index in [1.165, 1.54) is 32.1 Å². The first kappa shape index (κ1) is 25.6. The van der Waals surface area contributed by atoms with Crippen LogP contribution in [0.2, 0.25) is 0 Å². The molecule has 1 aliphatic heterocycles. The predicted octanol–water partition coefficient (Wildman–Crippen LogP) is 6.61. The number of H-pyrrole nitrogens is 1. The first-order valence-corrected chi connectivity index (χ1v) is 13.7. The molecule has 1 saturated heterocycles. The average molecular weight is 533 g/mol. The van der Waals surface area contributed by atoms with Gasteiger partial charge < -0.3 is 19.4 Å². The van der Waals surface area contributed by atoms with Crippen molar-refractivity contribution in [2.75, 3.05) is 20.2 Å². The minimum Gasteiger partial charge on any atom is -0.494 e. The van der Waals surface area contributed by atoms with Gasteiger partial charge in [-0.25, -0.2) is 9.79 Å². The molecule has 0 saturated carbocycles. The highest BCUT2D eigenvalue weighted by Crippen LogP contribution is 2.32. The molecular weight excluding hydrogens is 500 g/mol. The lowest BCUT2D eigenvalue weighted by atomic mass is 10.00. The number of carbonyl (C=O) groups excluding carboxylic acids is 1. The van der Waals surface area contributed by atoms with Gasteiger partial charge >= 0.3 is 5.97 Å². The molecular formula is C33H32N4O3. The number of aromatic hydroxyl groups is 1. The second kappa shape index (κ2) is 11.2. The summed E-state index contributed by atoms with van der Waals surface area (Å²) in [4.78, 5) is 22.6. The van der Waals surface area contributed by atoms with Crippen molar-refractivity contribution in [3.63, 3.8) is 0 Å². The van der Waals surface area contributed by atoms with E-state index in [2.05, 4.69) is 44.9 Å². The largest absolute Gasteiger partial charge is 0.494 e. The molecule has 7 heteroatoms. The number of carbonyl (C=O) groups is 1. The number of benzene rings is 3. The van der Waals surface area contributed by atoms with Crippen LogP contribution in [0.25, 0.3) is 16.6 Å². The number of aromatic amines is 1. The van der Waals surface area contributed by atoms with Crippen molar-refractivity contribution in [1.82, 2.24) is 14.5 Å². The van der Waals surface area contributed by atoms with Crippen LogP contribution >= 0.6 is 0 Å². The maximum atomic E-state index is 12.1. The Morgan fingerprint density at radius 3 is 2.45 bits per heavy atom. The highest BCUT2D eigenvalue weighted by molar-refractivity contribution is 6.22. The summed E-state index contributed by atoms with van der Waals surface area (Å²) in [6.45, 7) is 3.26. The summed E-state index contributed by atoms with van der Waals surface area (Å²) in [5.74, 6) is -0.442. The van der Waals surface area contributed by atoms with Crippen LogP contribution in [0.3, 0.4) is 0 Å². The second-order valence-electron chi connectivity index (χ2n) is 10.1. The summed E-state index contributed by atoms with van der Waals surface area (Å²) in [5.41, 5.74) is 6.25. The molecule has 2 N–H and O–H groups in total. The van der Waals surface area contributed by atoms with Crippen LogP contribution in [0.1, 0.15) is 46.4 Å². The van der Waals surface area contributed by atoms with Crippen molar-refractivity contribution in [2.24, 2.45) is 4.99 Å². The number of hydrogen-bond acceptors (Lipinski definition) is 5. The molecule has 5 aromatic rings. The second-order valence-corrected chi connectivity index (χ2v) is 10.1. The van der Waals surface area contributed by atoms with E-state index in [9.17, 15) is 9.90 Å². The van der Waals surface area contributed by atoms with Gasteiger partial charge in [0.25, 0.3) is 0 Å². The van der Waals surface area contributed by atoms with E-state index in [1.54, 1.807) is 12.1 Å². The average Bonchev–Trinajstić information content (AvgIpc) is 3.59. The minimum absolute atomic E-state index is 0.00839. The molecule has 7 nitrogen and oxygen atoms in total. The number of ether oxygens (including phenoxy) is 1. The van der Waals surface area contributed by atoms with Crippen LogP contribution in [0.5, 0.6) is 5.88 Å². The molecule has 3 heterocycles. The predicted molar refractivity (Wildman–Crippen MR) is 158 cm³/mol. The number of rotatable bonds is 7. The summed E-state index contributed by atoms with van der Waals surface area (Å²) in [6, 6.07) is 27.5. The molecule has 0 radical (unpaired) electrons. The first-order valence-electron chi connectivity index (χ1n) is 13.7. The fourth-order valence-corrected chi connectivity index (χ4v) is 5.49. The van der Waals surface area contributed by atoms with Crippen LogP contribution in [0.15, 0.2) is 96.1 Å². The van der Waals surface area contributed by atoms with Crippen LogP contribution in [0, 0.1) is 0 Å². The van der Waals surface area contributed by atoms with Gasteiger partial charge in [0.05, 0.1) is 29.6 Å². The van der Waals surface area contributed by atoms with Gasteiger partial charge in [0.15, 0.2) is 5.88 Å². The molecule has 6 rings (SSSR count). The Labute approximate surface area is 233 Å². The van der Waals surface area contributed by atoms with E-state index in [0.29, 0.717) is 22.4 Å². The van der Waals surface area contributed by atoms with Gasteiger partial charge in [-0.1, -0.05) is 42.8 Å². The van der Waals surface area contributed by atoms with Gasteiger partial charge in [-0.3, -0.25) is 4.90 Å². The van der Waals surface area contributed by atoms with Gasteiger partial charge in [0, 0.05) is 40.6 Å². The fraction of sp³-hybridized carbons (Fsp3) is 0.212. The van der Waals surface area contributed by atoms with Crippen LogP contribution < -0.4 is 0 Å². The summed E-state index contributed by atoms with van der Waals surface area (Å²) >= 11 is 0. The zero-order chi connectivity index (χ0) is 27.5. The molecule has 0 spiro atoms. The maximum Gasteiger partial charge on any atom is 0.337 e. The Balaban J connectivity index is 1.36. The van der Waals surface area contributed by atoms with Gasteiger partial charge in [-0.2, -0.15) is 0 Å². The lowest BCUT2D eigenvalue weighted by Crippen LogP contribution is -2.29. The number of aromatic nitrogens is 2. The molecule has 202 valence electrons. The van der Waals surface area contributed by atoms with Crippen molar-refractivity contribution >= 4 is 28.3 Å². The molecule has 2 aromatic heterocycles. The normalized spacial score (nSPS) is 14.5. The molecule has 0 bridgehead atoms. The Hall–Kier alpha value is -4.62. The monoisotopic (exact) mass is 532 g/mol. The van der Waals surface area contributed by atoms with E-state index in [4.69, 9.17) is 9.73 Å².